The highest BCUT2D eigenvalue weighted by atomic mass is 19.4. The summed E-state index contributed by atoms with van der Waals surface area (Å²) < 4.78 is 40.2. The minimum absolute atomic E-state index is 0.160. The summed E-state index contributed by atoms with van der Waals surface area (Å²) in [7, 11) is 0. The molecule has 3 aromatic carbocycles. The van der Waals surface area contributed by atoms with Crippen LogP contribution in [0.15, 0.2) is 85.1 Å². The molecule has 9 heteroatoms. The van der Waals surface area contributed by atoms with Gasteiger partial charge in [0, 0.05) is 11.9 Å². The molecular weight excluding hydrogens is 483 g/mol. The van der Waals surface area contributed by atoms with Crippen molar-refractivity contribution in [2.24, 2.45) is 11.8 Å². The zero-order valence-corrected chi connectivity index (χ0v) is 19.2. The van der Waals surface area contributed by atoms with Gasteiger partial charge in [-0.3, -0.25) is 14.4 Å². The Labute approximate surface area is 210 Å². The van der Waals surface area contributed by atoms with Crippen molar-refractivity contribution in [3.63, 3.8) is 0 Å². The highest BCUT2D eigenvalue weighted by Gasteiger charge is 2.64. The zero-order valence-electron chi connectivity index (χ0n) is 19.2. The van der Waals surface area contributed by atoms with Gasteiger partial charge < -0.3 is 10.2 Å². The minimum atomic E-state index is -4.64. The third-order valence-corrected chi connectivity index (χ3v) is 7.20. The second-order valence-electron chi connectivity index (χ2n) is 9.25. The molecule has 186 valence electrons. The first-order chi connectivity index (χ1) is 17.8. The molecule has 3 aliphatic rings. The van der Waals surface area contributed by atoms with E-state index in [9.17, 15) is 27.6 Å². The van der Waals surface area contributed by atoms with E-state index in [4.69, 9.17) is 0 Å². The van der Waals surface area contributed by atoms with E-state index < -0.39 is 53.4 Å². The number of amides is 3. The lowest BCUT2D eigenvalue weighted by molar-refractivity contribution is -0.137. The number of imide groups is 1. The highest BCUT2D eigenvalue weighted by molar-refractivity contribution is 6.24. The first kappa shape index (κ1) is 23.0. The van der Waals surface area contributed by atoms with Crippen molar-refractivity contribution in [1.29, 1.82) is 0 Å². The Balaban J connectivity index is 1.44. The van der Waals surface area contributed by atoms with Crippen molar-refractivity contribution in [1.82, 2.24) is 4.90 Å². The number of halogens is 3. The highest BCUT2D eigenvalue weighted by Crippen LogP contribution is 2.53. The van der Waals surface area contributed by atoms with E-state index in [1.807, 2.05) is 30.3 Å². The summed E-state index contributed by atoms with van der Waals surface area (Å²) in [6.45, 7) is 0. The topological polar surface area (TPSA) is 69.7 Å². The number of rotatable bonds is 3. The fourth-order valence-corrected chi connectivity index (χ4v) is 5.67. The third kappa shape index (κ3) is 3.61. The lowest BCUT2D eigenvalue weighted by Crippen LogP contribution is -2.46. The monoisotopic (exact) mass is 503 g/mol. The molecule has 0 spiro atoms. The van der Waals surface area contributed by atoms with Gasteiger partial charge in [-0.05, 0) is 47.5 Å². The van der Waals surface area contributed by atoms with Crippen LogP contribution in [0.1, 0.15) is 22.7 Å². The summed E-state index contributed by atoms with van der Waals surface area (Å²) in [5, 5.41) is 2.83. The quantitative estimate of drug-likeness (QED) is 0.519. The predicted molar refractivity (Wildman–Crippen MR) is 130 cm³/mol. The maximum absolute atomic E-state index is 13.8. The maximum Gasteiger partial charge on any atom is 0.416 e. The van der Waals surface area contributed by atoms with Gasteiger partial charge in [0.15, 0.2) is 0 Å². The second kappa shape index (κ2) is 8.33. The molecule has 37 heavy (non-hydrogen) atoms. The Bertz CT molecular complexity index is 1450. The molecule has 3 aromatic rings. The SMILES string of the molecule is O=C(Nc1ccccc1)[C@H]1[C@H]2C(=O)N(c3cccc(C(F)(F)F)c3)C(=O)[C@H]2[C@@H]2c3ccccc3C=CN12. The Kier molecular flexibility index (Phi) is 5.18. The molecule has 1 N–H and O–H groups in total. The average molecular weight is 503 g/mol. The van der Waals surface area contributed by atoms with Gasteiger partial charge in [0.1, 0.15) is 6.04 Å². The molecule has 0 unspecified atom stereocenters. The van der Waals surface area contributed by atoms with Gasteiger partial charge in [0.2, 0.25) is 17.7 Å². The average Bonchev–Trinajstić information content (AvgIpc) is 3.36. The number of alkyl halides is 3. The van der Waals surface area contributed by atoms with Gasteiger partial charge in [0.25, 0.3) is 0 Å². The molecule has 2 fully saturated rings. The van der Waals surface area contributed by atoms with E-state index >= 15 is 0 Å². The molecule has 0 bridgehead atoms. The number of nitrogens with one attached hydrogen (secondary N) is 1. The van der Waals surface area contributed by atoms with Crippen molar-refractivity contribution in [2.45, 2.75) is 18.3 Å². The van der Waals surface area contributed by atoms with Gasteiger partial charge in [0.05, 0.1) is 29.1 Å². The van der Waals surface area contributed by atoms with Crippen LogP contribution in [0.3, 0.4) is 0 Å². The lowest BCUT2D eigenvalue weighted by atomic mass is 9.84. The van der Waals surface area contributed by atoms with Gasteiger partial charge in [-0.25, -0.2) is 4.90 Å². The van der Waals surface area contributed by atoms with Crippen LogP contribution in [0.4, 0.5) is 24.5 Å². The minimum Gasteiger partial charge on any atom is -0.357 e. The molecule has 0 aromatic heterocycles. The van der Waals surface area contributed by atoms with Crippen LogP contribution < -0.4 is 10.2 Å². The Morgan fingerprint density at radius 2 is 1.54 bits per heavy atom. The van der Waals surface area contributed by atoms with Crippen LogP contribution >= 0.6 is 0 Å². The molecule has 2 saturated heterocycles. The molecule has 6 rings (SSSR count). The Morgan fingerprint density at radius 1 is 0.838 bits per heavy atom. The number of para-hydroxylation sites is 1. The van der Waals surface area contributed by atoms with Gasteiger partial charge >= 0.3 is 6.18 Å². The number of carbonyl (C=O) groups is 3. The summed E-state index contributed by atoms with van der Waals surface area (Å²) >= 11 is 0. The first-order valence-electron chi connectivity index (χ1n) is 11.7. The smallest absolute Gasteiger partial charge is 0.357 e. The second-order valence-corrected chi connectivity index (χ2v) is 9.25. The van der Waals surface area contributed by atoms with Crippen LogP contribution in [0.2, 0.25) is 0 Å². The third-order valence-electron chi connectivity index (χ3n) is 7.20. The van der Waals surface area contributed by atoms with Crippen molar-refractivity contribution >= 4 is 35.2 Å². The van der Waals surface area contributed by atoms with E-state index in [1.165, 1.54) is 6.07 Å². The summed E-state index contributed by atoms with van der Waals surface area (Å²) in [5.41, 5.74) is 1.04. The summed E-state index contributed by atoms with van der Waals surface area (Å²) in [6.07, 6.45) is -1.09. The molecule has 3 amide bonds. The van der Waals surface area contributed by atoms with Crippen LogP contribution in [0.5, 0.6) is 0 Å². The standard InChI is InChI=1S/C28H20F3N3O3/c29-28(30,31)17-8-6-11-19(15-17)34-26(36)21-22(27(34)37)24(25(35)32-18-9-2-1-3-10-18)33-14-13-16-7-4-5-12-20(16)23(21)33/h1-15,21-24H,(H,32,35)/t21-,22+,23+,24-/m1/s1. The van der Waals surface area contributed by atoms with Crippen LogP contribution in [-0.4, -0.2) is 28.7 Å². The molecule has 6 nitrogen and oxygen atoms in total. The number of hydrogen-bond donors (Lipinski definition) is 1. The number of carbonyl (C=O) groups excluding carboxylic acids is 3. The van der Waals surface area contributed by atoms with Gasteiger partial charge in [-0.15, -0.1) is 0 Å². The van der Waals surface area contributed by atoms with Crippen LogP contribution in [0, 0.1) is 11.8 Å². The zero-order chi connectivity index (χ0) is 25.9. The fourth-order valence-electron chi connectivity index (χ4n) is 5.67. The molecule has 0 saturated carbocycles. The first-order valence-corrected chi connectivity index (χ1v) is 11.7. The van der Waals surface area contributed by atoms with E-state index in [-0.39, 0.29) is 5.69 Å². The van der Waals surface area contributed by atoms with E-state index in [2.05, 4.69) is 5.32 Å². The van der Waals surface area contributed by atoms with Crippen molar-refractivity contribution in [3.05, 3.63) is 102 Å². The van der Waals surface area contributed by atoms with Gasteiger partial charge in [-0.2, -0.15) is 13.2 Å². The Morgan fingerprint density at radius 3 is 2.30 bits per heavy atom. The molecule has 3 heterocycles. The molecule has 0 aliphatic carbocycles. The van der Waals surface area contributed by atoms with Crippen LogP contribution in [-0.2, 0) is 20.6 Å². The maximum atomic E-state index is 13.8. The summed E-state index contributed by atoms with van der Waals surface area (Å²) in [4.78, 5) is 43.7. The van der Waals surface area contributed by atoms with E-state index in [1.54, 1.807) is 41.4 Å². The molecule has 0 radical (unpaired) electrons. The lowest BCUT2D eigenvalue weighted by Gasteiger charge is -2.35. The van der Waals surface area contributed by atoms with Crippen LogP contribution in [0.25, 0.3) is 6.08 Å². The number of benzene rings is 3. The number of fused-ring (bicyclic) bond motifs is 5. The number of nitrogens with zero attached hydrogens (tertiary/aromatic N) is 2. The van der Waals surface area contributed by atoms with Crippen molar-refractivity contribution in [3.8, 4) is 0 Å². The van der Waals surface area contributed by atoms with E-state index in [0.717, 1.165) is 34.2 Å². The van der Waals surface area contributed by atoms with Crippen molar-refractivity contribution in [2.75, 3.05) is 10.2 Å². The molecular formula is C28H20F3N3O3. The molecule has 4 atom stereocenters. The predicted octanol–water partition coefficient (Wildman–Crippen LogP) is 4.86. The number of hydrogen-bond acceptors (Lipinski definition) is 4. The van der Waals surface area contributed by atoms with Crippen molar-refractivity contribution < 1.29 is 27.6 Å². The van der Waals surface area contributed by atoms with Gasteiger partial charge in [-0.1, -0.05) is 48.5 Å². The normalized spacial score (nSPS) is 24.1. The largest absolute Gasteiger partial charge is 0.416 e. The van der Waals surface area contributed by atoms with E-state index in [0.29, 0.717) is 5.69 Å². The Hall–Kier alpha value is -4.40. The summed E-state index contributed by atoms with van der Waals surface area (Å²) in [6, 6.07) is 18.6. The fraction of sp³-hybridized carbons (Fsp3) is 0.179. The summed E-state index contributed by atoms with van der Waals surface area (Å²) in [5.74, 6) is -3.81. The number of anilines is 2. The molecule has 3 aliphatic heterocycles.